The van der Waals surface area contributed by atoms with Gasteiger partial charge in [-0.15, -0.1) is 0 Å². The summed E-state index contributed by atoms with van der Waals surface area (Å²) in [5.74, 6) is -1.03. The van der Waals surface area contributed by atoms with E-state index in [1.165, 1.54) is 22.8 Å². The van der Waals surface area contributed by atoms with E-state index in [9.17, 15) is 17.6 Å². The van der Waals surface area contributed by atoms with Gasteiger partial charge in [-0.3, -0.25) is 9.29 Å². The van der Waals surface area contributed by atoms with Crippen LogP contribution in [0.15, 0.2) is 50.5 Å². The molecule has 8 heteroatoms. The van der Waals surface area contributed by atoms with Crippen LogP contribution in [-0.4, -0.2) is 13.0 Å². The average Bonchev–Trinajstić information content (AvgIpc) is 2.76. The molecular weight excluding hydrogens is 323 g/mol. The third kappa shape index (κ3) is 2.72. The molecule has 0 aliphatic carbocycles. The van der Waals surface area contributed by atoms with Crippen molar-refractivity contribution in [2.24, 2.45) is 7.05 Å². The third-order valence-electron chi connectivity index (χ3n) is 3.47. The Morgan fingerprint density at radius 1 is 1.17 bits per heavy atom. The van der Waals surface area contributed by atoms with Gasteiger partial charge in [-0.1, -0.05) is 0 Å². The maximum Gasteiger partial charge on any atom is 0.419 e. The van der Waals surface area contributed by atoms with Crippen molar-refractivity contribution in [3.8, 4) is 0 Å². The van der Waals surface area contributed by atoms with Gasteiger partial charge in [0.15, 0.2) is 5.58 Å². The molecular formula is C15H13FN2O4S. The molecule has 0 aliphatic rings. The summed E-state index contributed by atoms with van der Waals surface area (Å²) in [6.07, 6.45) is 0. The number of hydrogen-bond donors (Lipinski definition) is 1. The van der Waals surface area contributed by atoms with E-state index in [-0.39, 0.29) is 16.2 Å². The van der Waals surface area contributed by atoms with Crippen LogP contribution >= 0.6 is 0 Å². The number of aryl methyl sites for hydroxylation is 2. The molecule has 0 unspecified atom stereocenters. The number of fused-ring (bicyclic) bond motifs is 1. The van der Waals surface area contributed by atoms with Gasteiger partial charge in [0.1, 0.15) is 5.82 Å². The number of oxazole rings is 1. The van der Waals surface area contributed by atoms with Crippen LogP contribution in [0, 0.1) is 12.7 Å². The number of nitrogens with zero attached hydrogens (tertiary/aromatic N) is 1. The van der Waals surface area contributed by atoms with Crippen LogP contribution in [0.4, 0.5) is 10.1 Å². The minimum absolute atomic E-state index is 0.0105. The molecule has 0 aliphatic heterocycles. The van der Waals surface area contributed by atoms with Crippen LogP contribution in [-0.2, 0) is 17.1 Å². The quantitative estimate of drug-likeness (QED) is 0.796. The van der Waals surface area contributed by atoms with E-state index in [4.69, 9.17) is 4.42 Å². The number of benzene rings is 2. The standard InChI is InChI=1S/C15H13FN2O4S/c1-9-7-12-13(22-15(19)18(12)2)8-14(9)23(20,21)17-11-5-3-10(16)4-6-11/h3-8,17H,1-2H3. The molecule has 6 nitrogen and oxygen atoms in total. The summed E-state index contributed by atoms with van der Waals surface area (Å²) in [6, 6.07) is 7.83. The first kappa shape index (κ1) is 15.3. The smallest absolute Gasteiger partial charge is 0.408 e. The normalized spacial score (nSPS) is 11.8. The highest BCUT2D eigenvalue weighted by atomic mass is 32.2. The van der Waals surface area contributed by atoms with Gasteiger partial charge < -0.3 is 4.42 Å². The molecule has 0 atom stereocenters. The van der Waals surface area contributed by atoms with E-state index in [1.54, 1.807) is 20.0 Å². The molecule has 0 bridgehead atoms. The topological polar surface area (TPSA) is 81.3 Å². The second kappa shape index (κ2) is 5.24. The highest BCUT2D eigenvalue weighted by molar-refractivity contribution is 7.92. The fraction of sp³-hybridized carbons (Fsp3) is 0.133. The lowest BCUT2D eigenvalue weighted by Gasteiger charge is -2.10. The summed E-state index contributed by atoms with van der Waals surface area (Å²) >= 11 is 0. The van der Waals surface area contributed by atoms with Gasteiger partial charge >= 0.3 is 5.76 Å². The fourth-order valence-electron chi connectivity index (χ4n) is 2.28. The van der Waals surface area contributed by atoms with Gasteiger partial charge in [-0.05, 0) is 42.8 Å². The number of hydrogen-bond acceptors (Lipinski definition) is 4. The number of halogens is 1. The Bertz CT molecular complexity index is 1050. The van der Waals surface area contributed by atoms with Gasteiger partial charge in [-0.2, -0.15) is 0 Å². The molecule has 2 aromatic carbocycles. The Hall–Kier alpha value is -2.61. The summed E-state index contributed by atoms with van der Waals surface area (Å²) in [6.45, 7) is 1.62. The van der Waals surface area contributed by atoms with E-state index < -0.39 is 21.6 Å². The Labute approximate surface area is 131 Å². The van der Waals surface area contributed by atoms with Gasteiger partial charge in [-0.25, -0.2) is 17.6 Å². The van der Waals surface area contributed by atoms with Crippen molar-refractivity contribution in [1.82, 2.24) is 4.57 Å². The number of sulfonamides is 1. The van der Waals surface area contributed by atoms with Crippen molar-refractivity contribution in [3.63, 3.8) is 0 Å². The second-order valence-corrected chi connectivity index (χ2v) is 6.78. The Morgan fingerprint density at radius 2 is 1.83 bits per heavy atom. The largest absolute Gasteiger partial charge is 0.419 e. The third-order valence-corrected chi connectivity index (χ3v) is 5.00. The zero-order valence-corrected chi connectivity index (χ0v) is 13.1. The number of aromatic nitrogens is 1. The van der Waals surface area contributed by atoms with Crippen LogP contribution in [0.5, 0.6) is 0 Å². The van der Waals surface area contributed by atoms with Crippen molar-refractivity contribution in [2.45, 2.75) is 11.8 Å². The molecule has 0 spiro atoms. The first-order valence-electron chi connectivity index (χ1n) is 6.66. The molecule has 0 fully saturated rings. The molecule has 3 rings (SSSR count). The van der Waals surface area contributed by atoms with Crippen molar-refractivity contribution in [3.05, 3.63) is 58.3 Å². The molecule has 1 heterocycles. The molecule has 0 radical (unpaired) electrons. The van der Waals surface area contributed by atoms with Gasteiger partial charge in [0, 0.05) is 18.8 Å². The Kier molecular flexibility index (Phi) is 3.48. The lowest BCUT2D eigenvalue weighted by molar-refractivity contribution is 0.527. The predicted octanol–water partition coefficient (Wildman–Crippen LogP) is 2.38. The molecule has 3 aromatic rings. The molecule has 0 amide bonds. The maximum absolute atomic E-state index is 12.9. The highest BCUT2D eigenvalue weighted by Gasteiger charge is 2.20. The van der Waals surface area contributed by atoms with Crippen LogP contribution < -0.4 is 10.5 Å². The summed E-state index contributed by atoms with van der Waals surface area (Å²) in [5, 5.41) is 0. The monoisotopic (exact) mass is 336 g/mol. The predicted molar refractivity (Wildman–Crippen MR) is 83.4 cm³/mol. The van der Waals surface area contributed by atoms with Gasteiger partial charge in [0.05, 0.1) is 10.4 Å². The number of anilines is 1. The number of nitrogens with one attached hydrogen (secondary N) is 1. The lowest BCUT2D eigenvalue weighted by atomic mass is 10.2. The minimum atomic E-state index is -3.90. The fourth-order valence-corrected chi connectivity index (χ4v) is 3.58. The van der Waals surface area contributed by atoms with Gasteiger partial charge in [0.2, 0.25) is 0 Å². The first-order chi connectivity index (χ1) is 10.8. The summed E-state index contributed by atoms with van der Waals surface area (Å²) < 4.78 is 46.6. The zero-order valence-electron chi connectivity index (χ0n) is 12.3. The van der Waals surface area contributed by atoms with E-state index >= 15 is 0 Å². The van der Waals surface area contributed by atoms with Crippen LogP contribution in [0.3, 0.4) is 0 Å². The highest BCUT2D eigenvalue weighted by Crippen LogP contribution is 2.24. The summed E-state index contributed by atoms with van der Waals surface area (Å²) in [4.78, 5) is 11.5. The molecule has 0 saturated carbocycles. The van der Waals surface area contributed by atoms with Crippen molar-refractivity contribution >= 4 is 26.8 Å². The Morgan fingerprint density at radius 3 is 2.48 bits per heavy atom. The van der Waals surface area contributed by atoms with Gasteiger partial charge in [0.25, 0.3) is 10.0 Å². The zero-order chi connectivity index (χ0) is 16.8. The average molecular weight is 336 g/mol. The van der Waals surface area contributed by atoms with Crippen LogP contribution in [0.1, 0.15) is 5.56 Å². The van der Waals surface area contributed by atoms with E-state index in [0.29, 0.717) is 11.1 Å². The summed E-state index contributed by atoms with van der Waals surface area (Å²) in [5.41, 5.74) is 1.39. The summed E-state index contributed by atoms with van der Waals surface area (Å²) in [7, 11) is -2.36. The van der Waals surface area contributed by atoms with Crippen molar-refractivity contribution in [1.29, 1.82) is 0 Å². The van der Waals surface area contributed by atoms with Crippen molar-refractivity contribution < 1.29 is 17.2 Å². The molecule has 23 heavy (non-hydrogen) atoms. The second-order valence-electron chi connectivity index (χ2n) is 5.12. The lowest BCUT2D eigenvalue weighted by Crippen LogP contribution is -2.14. The van der Waals surface area contributed by atoms with Crippen LogP contribution in [0.2, 0.25) is 0 Å². The maximum atomic E-state index is 12.9. The molecule has 120 valence electrons. The van der Waals surface area contributed by atoms with Crippen LogP contribution in [0.25, 0.3) is 11.1 Å². The molecule has 1 N–H and O–H groups in total. The van der Waals surface area contributed by atoms with Crippen molar-refractivity contribution in [2.75, 3.05) is 4.72 Å². The van der Waals surface area contributed by atoms with E-state index in [1.807, 2.05) is 0 Å². The van der Waals surface area contributed by atoms with E-state index in [2.05, 4.69) is 4.72 Å². The molecule has 0 saturated heterocycles. The first-order valence-corrected chi connectivity index (χ1v) is 8.15. The Balaban J connectivity index is 2.09. The number of rotatable bonds is 3. The van der Waals surface area contributed by atoms with E-state index in [0.717, 1.165) is 12.1 Å². The molecule has 1 aromatic heterocycles. The minimum Gasteiger partial charge on any atom is -0.408 e. The SMILES string of the molecule is Cc1cc2c(cc1S(=O)(=O)Nc1ccc(F)cc1)oc(=O)n2C.